The molecule has 0 spiro atoms. The maximum Gasteiger partial charge on any atom is 0.306 e. The smallest absolute Gasteiger partial charge is 0.306 e. The van der Waals surface area contributed by atoms with Crippen molar-refractivity contribution in [3.63, 3.8) is 0 Å². The number of ether oxygens (including phenoxy) is 4. The summed E-state index contributed by atoms with van der Waals surface area (Å²) in [5.74, 6) is -2.34. The molecule has 2 unspecified atom stereocenters. The lowest BCUT2D eigenvalue weighted by atomic mass is 10.0. The second-order valence-corrected chi connectivity index (χ2v) is 25.1. The molecule has 0 saturated heterocycles. The van der Waals surface area contributed by atoms with Crippen molar-refractivity contribution < 1.29 is 42.9 Å². The van der Waals surface area contributed by atoms with E-state index >= 15 is 0 Å². The summed E-state index contributed by atoms with van der Waals surface area (Å²) in [5, 5.41) is 11.8. The zero-order chi connectivity index (χ0) is 66.1. The van der Waals surface area contributed by atoms with Gasteiger partial charge in [-0.15, -0.1) is 0 Å². The monoisotopic (exact) mass is 1260 g/mol. The van der Waals surface area contributed by atoms with E-state index in [1.54, 1.807) is 0 Å². The van der Waals surface area contributed by atoms with E-state index in [1.165, 1.54) is 135 Å². The first kappa shape index (κ1) is 85.9. The standard InChI is InChI=1S/C82H135NO8/c1-6-8-10-12-14-16-18-20-22-24-26-28-30-32-34-36-37-38-39-40-41-42-43-45-47-49-51-53-55-57-59-61-63-65-67-69-71-73-80(85)91-78(77-90-82(81(86)87)88-75-74-83(3,4)5)76-89-79(84)72-70-68-66-64-62-60-58-56-54-52-50-48-46-44-35-33-31-29-27-25-23-21-19-17-15-13-11-9-7-2/h8,10,14,16,19-22,25-28,32,34,37-38,40-41,43,45,49,51,55,57,61,63,78,82H,6-7,9,11-13,15,17-18,23-24,29-31,33,35-36,39,42,44,46-48,50,52-54,56,58-60,62,64-77H2,1-5H3/b10-8-,16-14-,21-19-,22-20-,27-25-,28-26-,34-32-,38-37-,41-40-,45-43-,51-49-,57-55-,63-61-. The first-order valence-corrected chi connectivity index (χ1v) is 36.6. The molecular weight excluding hydrogens is 1130 g/mol. The maximum absolute atomic E-state index is 12.9. The van der Waals surface area contributed by atoms with Crippen LogP contribution in [0.4, 0.5) is 0 Å². The van der Waals surface area contributed by atoms with E-state index in [4.69, 9.17) is 18.9 Å². The number of hydrogen-bond acceptors (Lipinski definition) is 8. The van der Waals surface area contributed by atoms with Gasteiger partial charge in [-0.2, -0.15) is 0 Å². The molecule has 0 aromatic rings. The SMILES string of the molecule is CC/C=C\C/C=C\C/C=C\C/C=C\C/C=C\C/C=C\C/C=C\C/C=C\C/C=C\C/C=C\C/C=C\CCCCCC(=O)OC(COC(=O)CCCCCCCCCCCCCCCCCCC/C=C\C/C=C\CCCCCCC)COC(OCC[N+](C)(C)C)C(=O)[O-]. The van der Waals surface area contributed by atoms with Crippen LogP contribution in [0.1, 0.15) is 284 Å². The number of allylic oxidation sites excluding steroid dienone is 26. The second kappa shape index (κ2) is 70.8. The lowest BCUT2D eigenvalue weighted by molar-refractivity contribution is -0.870. The lowest BCUT2D eigenvalue weighted by Crippen LogP contribution is -2.44. The molecule has 0 rings (SSSR count). The van der Waals surface area contributed by atoms with E-state index in [-0.39, 0.29) is 38.6 Å². The first-order valence-electron chi connectivity index (χ1n) is 36.6. The van der Waals surface area contributed by atoms with Crippen molar-refractivity contribution in [1.82, 2.24) is 0 Å². The van der Waals surface area contributed by atoms with Crippen molar-refractivity contribution in [1.29, 1.82) is 0 Å². The van der Waals surface area contributed by atoms with Crippen LogP contribution >= 0.6 is 0 Å². The number of carbonyl (C=O) groups is 3. The van der Waals surface area contributed by atoms with Gasteiger partial charge in [-0.1, -0.05) is 300 Å². The molecule has 0 heterocycles. The van der Waals surface area contributed by atoms with Crippen LogP contribution in [0.5, 0.6) is 0 Å². The highest BCUT2D eigenvalue weighted by Gasteiger charge is 2.22. The van der Waals surface area contributed by atoms with Crippen LogP contribution in [-0.4, -0.2) is 82.3 Å². The number of hydrogen-bond donors (Lipinski definition) is 0. The average molecular weight is 1260 g/mol. The number of aliphatic carboxylic acids is 1. The first-order chi connectivity index (χ1) is 44.6. The van der Waals surface area contributed by atoms with E-state index in [0.717, 1.165) is 116 Å². The molecule has 0 aliphatic carbocycles. The molecule has 0 aliphatic heterocycles. The van der Waals surface area contributed by atoms with Crippen molar-refractivity contribution in [3.8, 4) is 0 Å². The summed E-state index contributed by atoms with van der Waals surface area (Å²) in [6.07, 6.45) is 102. The third-order valence-electron chi connectivity index (χ3n) is 15.3. The summed E-state index contributed by atoms with van der Waals surface area (Å²) in [6.45, 7) is 4.59. The van der Waals surface area contributed by atoms with Gasteiger partial charge in [0.15, 0.2) is 12.4 Å². The van der Waals surface area contributed by atoms with Gasteiger partial charge in [0.05, 0.1) is 40.3 Å². The fourth-order valence-electron chi connectivity index (χ4n) is 9.69. The van der Waals surface area contributed by atoms with Gasteiger partial charge in [-0.05, 0) is 128 Å². The van der Waals surface area contributed by atoms with Crippen molar-refractivity contribution >= 4 is 17.9 Å². The fraction of sp³-hybridized carbons (Fsp3) is 0.646. The lowest BCUT2D eigenvalue weighted by Gasteiger charge is -2.26. The molecule has 0 aliphatic rings. The zero-order valence-corrected chi connectivity index (χ0v) is 58.9. The predicted octanol–water partition coefficient (Wildman–Crippen LogP) is 21.9. The van der Waals surface area contributed by atoms with Gasteiger partial charge in [-0.3, -0.25) is 9.59 Å². The Morgan fingerprint density at radius 1 is 0.341 bits per heavy atom. The van der Waals surface area contributed by atoms with Gasteiger partial charge in [0.1, 0.15) is 13.2 Å². The molecule has 91 heavy (non-hydrogen) atoms. The van der Waals surface area contributed by atoms with Gasteiger partial charge in [0.2, 0.25) is 0 Å². The fourth-order valence-corrected chi connectivity index (χ4v) is 9.69. The average Bonchev–Trinajstić information content (AvgIpc) is 3.50. The van der Waals surface area contributed by atoms with Crippen molar-refractivity contribution in [3.05, 3.63) is 158 Å². The molecule has 0 amide bonds. The molecule has 0 saturated carbocycles. The number of unbranched alkanes of at least 4 members (excludes halogenated alkanes) is 25. The van der Waals surface area contributed by atoms with E-state index in [1.807, 2.05) is 21.1 Å². The van der Waals surface area contributed by atoms with Gasteiger partial charge in [-0.25, -0.2) is 0 Å². The Morgan fingerprint density at radius 3 is 0.945 bits per heavy atom. The minimum atomic E-state index is -1.64. The minimum absolute atomic E-state index is 0.133. The third-order valence-corrected chi connectivity index (χ3v) is 15.3. The van der Waals surface area contributed by atoms with Gasteiger partial charge < -0.3 is 33.3 Å². The van der Waals surface area contributed by atoms with E-state index in [0.29, 0.717) is 17.4 Å². The molecule has 516 valence electrons. The van der Waals surface area contributed by atoms with Crippen LogP contribution in [0.2, 0.25) is 0 Å². The molecule has 0 bridgehead atoms. The normalized spacial score (nSPS) is 13.6. The van der Waals surface area contributed by atoms with Gasteiger partial charge >= 0.3 is 11.9 Å². The number of esters is 2. The Hall–Kier alpha value is -5.09. The highest BCUT2D eigenvalue weighted by atomic mass is 16.7. The van der Waals surface area contributed by atoms with Crippen molar-refractivity contribution in [2.24, 2.45) is 0 Å². The Balaban J connectivity index is 4.22. The Bertz CT molecular complexity index is 2060. The van der Waals surface area contributed by atoms with Crippen LogP contribution in [-0.2, 0) is 33.3 Å². The maximum atomic E-state index is 12.9. The van der Waals surface area contributed by atoms with Crippen LogP contribution in [0.3, 0.4) is 0 Å². The van der Waals surface area contributed by atoms with Gasteiger partial charge in [0.25, 0.3) is 0 Å². The summed E-state index contributed by atoms with van der Waals surface area (Å²) in [5.41, 5.74) is 0. The summed E-state index contributed by atoms with van der Waals surface area (Å²) in [4.78, 5) is 37.5. The van der Waals surface area contributed by atoms with Crippen LogP contribution in [0.15, 0.2) is 158 Å². The zero-order valence-electron chi connectivity index (χ0n) is 58.9. The number of likely N-dealkylation sites (N-methyl/N-ethyl adjacent to an activating group) is 1. The summed E-state index contributed by atoms with van der Waals surface area (Å²) in [7, 11) is 5.91. The summed E-state index contributed by atoms with van der Waals surface area (Å²) < 4.78 is 22.8. The Kier molecular flexibility index (Phi) is 66.8. The molecule has 0 N–H and O–H groups in total. The van der Waals surface area contributed by atoms with Crippen LogP contribution < -0.4 is 5.11 Å². The van der Waals surface area contributed by atoms with Crippen molar-refractivity contribution in [2.45, 2.75) is 296 Å². The van der Waals surface area contributed by atoms with Gasteiger partial charge in [0, 0.05) is 12.8 Å². The molecule has 0 radical (unpaired) electrons. The second-order valence-electron chi connectivity index (χ2n) is 25.1. The highest BCUT2D eigenvalue weighted by molar-refractivity contribution is 5.70. The largest absolute Gasteiger partial charge is 0.545 e. The van der Waals surface area contributed by atoms with Crippen LogP contribution in [0.25, 0.3) is 0 Å². The van der Waals surface area contributed by atoms with Crippen LogP contribution in [0, 0.1) is 0 Å². The number of carboxylic acid groups (broad SMARTS) is 1. The summed E-state index contributed by atoms with van der Waals surface area (Å²) in [6, 6.07) is 0. The molecule has 9 heteroatoms. The minimum Gasteiger partial charge on any atom is -0.545 e. The molecule has 0 aromatic carbocycles. The Morgan fingerprint density at radius 2 is 0.626 bits per heavy atom. The molecular formula is C82H135NO8. The quantitative estimate of drug-likeness (QED) is 0.0195. The molecule has 0 aromatic heterocycles. The third kappa shape index (κ3) is 72.2. The molecule has 0 fully saturated rings. The number of rotatable bonds is 66. The number of quaternary nitrogens is 1. The predicted molar refractivity (Wildman–Crippen MR) is 389 cm³/mol. The highest BCUT2D eigenvalue weighted by Crippen LogP contribution is 2.16. The molecule has 2 atom stereocenters. The number of carboxylic acids is 1. The topological polar surface area (TPSA) is 111 Å². The van der Waals surface area contributed by atoms with Crippen molar-refractivity contribution in [2.75, 3.05) is 47.5 Å². The Labute approximate surface area is 559 Å². The number of nitrogens with zero attached hydrogens (tertiary/aromatic N) is 1. The van der Waals surface area contributed by atoms with E-state index < -0.39 is 24.3 Å². The number of carbonyl (C=O) groups excluding carboxylic acids is 3. The molecule has 9 nitrogen and oxygen atoms in total. The van der Waals surface area contributed by atoms with E-state index in [9.17, 15) is 19.5 Å². The van der Waals surface area contributed by atoms with E-state index in [2.05, 4.69) is 172 Å². The summed E-state index contributed by atoms with van der Waals surface area (Å²) >= 11 is 0.